The number of rotatable bonds is 9. The van der Waals surface area contributed by atoms with Gasteiger partial charge in [-0.2, -0.15) is 0 Å². The number of piperidine rings is 1. The molecular formula is C31H36N6O2. The fourth-order valence-electron chi connectivity index (χ4n) is 5.59. The minimum absolute atomic E-state index is 0.0156. The van der Waals surface area contributed by atoms with E-state index in [0.717, 1.165) is 61.8 Å². The molecule has 8 heteroatoms. The molecular weight excluding hydrogens is 488 g/mol. The van der Waals surface area contributed by atoms with E-state index in [2.05, 4.69) is 62.7 Å². The number of aromatic amines is 1. The van der Waals surface area contributed by atoms with Crippen molar-refractivity contribution in [3.8, 4) is 11.1 Å². The highest BCUT2D eigenvalue weighted by Crippen LogP contribution is 2.33. The molecule has 2 aromatic heterocycles. The lowest BCUT2D eigenvalue weighted by atomic mass is 9.90. The zero-order valence-electron chi connectivity index (χ0n) is 22.5. The van der Waals surface area contributed by atoms with E-state index in [1.807, 2.05) is 11.0 Å². The number of anilines is 1. The van der Waals surface area contributed by atoms with Gasteiger partial charge >= 0.3 is 0 Å². The van der Waals surface area contributed by atoms with Crippen LogP contribution >= 0.6 is 0 Å². The summed E-state index contributed by atoms with van der Waals surface area (Å²) >= 11 is 0. The van der Waals surface area contributed by atoms with Gasteiger partial charge in [0.25, 0.3) is 0 Å². The van der Waals surface area contributed by atoms with Gasteiger partial charge in [-0.1, -0.05) is 42.5 Å². The second-order valence-electron chi connectivity index (χ2n) is 10.4. The van der Waals surface area contributed by atoms with Gasteiger partial charge in [0.05, 0.1) is 0 Å². The van der Waals surface area contributed by atoms with Gasteiger partial charge in [-0.15, -0.1) is 0 Å². The quantitative estimate of drug-likeness (QED) is 0.296. The maximum Gasteiger partial charge on any atom is 0.222 e. The first-order valence-corrected chi connectivity index (χ1v) is 13.8. The summed E-state index contributed by atoms with van der Waals surface area (Å²) in [6.45, 7) is 3.70. The third-order valence-corrected chi connectivity index (χ3v) is 7.59. The van der Waals surface area contributed by atoms with E-state index < -0.39 is 0 Å². The fourth-order valence-corrected chi connectivity index (χ4v) is 5.59. The largest absolute Gasteiger partial charge is 0.368 e. The van der Waals surface area contributed by atoms with Crippen LogP contribution in [0.5, 0.6) is 0 Å². The molecule has 1 aliphatic rings. The summed E-state index contributed by atoms with van der Waals surface area (Å²) in [7, 11) is 0. The number of aromatic nitrogens is 3. The van der Waals surface area contributed by atoms with Crippen molar-refractivity contribution in [2.75, 3.05) is 25.4 Å². The highest BCUT2D eigenvalue weighted by molar-refractivity contribution is 5.85. The highest BCUT2D eigenvalue weighted by Gasteiger charge is 2.28. The second-order valence-corrected chi connectivity index (χ2v) is 10.4. The van der Waals surface area contributed by atoms with E-state index in [4.69, 9.17) is 5.73 Å². The van der Waals surface area contributed by atoms with Crippen LogP contribution in [-0.4, -0.2) is 51.3 Å². The van der Waals surface area contributed by atoms with E-state index in [1.165, 1.54) is 22.2 Å². The lowest BCUT2D eigenvalue weighted by molar-refractivity contribution is -0.132. The molecule has 0 saturated carbocycles. The third-order valence-electron chi connectivity index (χ3n) is 7.59. The molecule has 4 aromatic rings. The molecule has 4 N–H and O–H groups in total. The van der Waals surface area contributed by atoms with Gasteiger partial charge in [0, 0.05) is 73.5 Å². The number of H-pyrrole nitrogens is 1. The molecule has 8 nitrogen and oxygen atoms in total. The lowest BCUT2D eigenvalue weighted by Crippen LogP contribution is -2.39. The number of nitrogens with two attached hydrogens (primary N) is 1. The number of nitrogens with one attached hydrogen (secondary N) is 2. The number of amides is 2. The number of para-hydroxylation sites is 1. The van der Waals surface area contributed by atoms with Gasteiger partial charge in [-0.25, -0.2) is 9.97 Å². The Balaban J connectivity index is 1.18. The second kappa shape index (κ2) is 12.1. The number of fused-ring (bicyclic) bond motifs is 1. The highest BCUT2D eigenvalue weighted by atomic mass is 16.2. The average Bonchev–Trinajstić information content (AvgIpc) is 3.32. The van der Waals surface area contributed by atoms with Crippen molar-refractivity contribution in [1.29, 1.82) is 0 Å². The third kappa shape index (κ3) is 6.45. The Hall–Kier alpha value is -4.20. The molecule has 1 unspecified atom stereocenters. The molecule has 0 radical (unpaired) electrons. The van der Waals surface area contributed by atoms with Crippen LogP contribution in [0.25, 0.3) is 22.0 Å². The molecule has 5 rings (SSSR count). The first-order valence-electron chi connectivity index (χ1n) is 13.8. The predicted molar refractivity (Wildman–Crippen MR) is 154 cm³/mol. The summed E-state index contributed by atoms with van der Waals surface area (Å²) < 4.78 is 0. The summed E-state index contributed by atoms with van der Waals surface area (Å²) in [5.74, 6) is 0.750. The van der Waals surface area contributed by atoms with Gasteiger partial charge < -0.3 is 20.9 Å². The zero-order valence-corrected chi connectivity index (χ0v) is 22.5. The predicted octanol–water partition coefficient (Wildman–Crippen LogP) is 4.61. The summed E-state index contributed by atoms with van der Waals surface area (Å²) in [5, 5.41) is 4.13. The minimum atomic E-state index is -0.0156. The molecule has 0 spiro atoms. The molecule has 1 aliphatic heterocycles. The fraction of sp³-hybridized carbons (Fsp3) is 0.355. The molecule has 1 atom stereocenters. The van der Waals surface area contributed by atoms with Crippen LogP contribution in [0.3, 0.4) is 0 Å². The van der Waals surface area contributed by atoms with E-state index in [0.29, 0.717) is 13.0 Å². The number of nitrogens with zero attached hydrogens (tertiary/aromatic N) is 3. The normalized spacial score (nSPS) is 15.4. The summed E-state index contributed by atoms with van der Waals surface area (Å²) in [5.41, 5.74) is 12.3. The average molecular weight is 525 g/mol. The van der Waals surface area contributed by atoms with Gasteiger partial charge in [0.15, 0.2) is 0 Å². The Morgan fingerprint density at radius 2 is 1.82 bits per heavy atom. The zero-order chi connectivity index (χ0) is 27.2. The van der Waals surface area contributed by atoms with Crippen LogP contribution in [0, 0.1) is 0 Å². The Bertz CT molecular complexity index is 1430. The van der Waals surface area contributed by atoms with E-state index in [9.17, 15) is 9.59 Å². The first kappa shape index (κ1) is 26.4. The van der Waals surface area contributed by atoms with Crippen molar-refractivity contribution >= 4 is 28.7 Å². The Labute approximate surface area is 229 Å². The Morgan fingerprint density at radius 3 is 2.59 bits per heavy atom. The van der Waals surface area contributed by atoms with Gasteiger partial charge in [-0.05, 0) is 54.9 Å². The van der Waals surface area contributed by atoms with Gasteiger partial charge in [0.1, 0.15) is 0 Å². The molecule has 1 saturated heterocycles. The summed E-state index contributed by atoms with van der Waals surface area (Å²) in [4.78, 5) is 38.4. The van der Waals surface area contributed by atoms with Crippen LogP contribution in [0.2, 0.25) is 0 Å². The van der Waals surface area contributed by atoms with Crippen molar-refractivity contribution < 1.29 is 9.59 Å². The number of benzene rings is 2. The molecule has 39 heavy (non-hydrogen) atoms. The maximum absolute atomic E-state index is 13.2. The molecule has 2 aromatic carbocycles. The molecule has 1 fully saturated rings. The molecule has 0 aliphatic carbocycles. The van der Waals surface area contributed by atoms with Crippen LogP contribution in [0.15, 0.2) is 60.9 Å². The smallest absolute Gasteiger partial charge is 0.222 e. The SMILES string of the molecule is CC(=O)NCCc1c(C2CCCN(C(=O)CCCc3ccc(-c4cnc(N)nc4)cc3)C2)[nH]c2ccccc12. The number of carbonyl (C=O) groups excluding carboxylic acids is 2. The van der Waals surface area contributed by atoms with Crippen LogP contribution in [0.4, 0.5) is 5.95 Å². The topological polar surface area (TPSA) is 117 Å². The standard InChI is InChI=1S/C31H36N6O2/c1-21(38)33-16-15-27-26-8-2-3-9-28(26)36-30(27)24-7-5-17-37(20-24)29(39)10-4-6-22-11-13-23(14-12-22)25-18-34-31(32)35-19-25/h2-3,8-9,11-14,18-19,24,36H,4-7,10,15-17,20H2,1H3,(H,33,38)(H2,32,34,35). The number of hydrogen-bond donors (Lipinski definition) is 3. The van der Waals surface area contributed by atoms with Crippen molar-refractivity contribution in [2.24, 2.45) is 0 Å². The number of likely N-dealkylation sites (tertiary alicyclic amines) is 1. The van der Waals surface area contributed by atoms with Crippen LogP contribution < -0.4 is 11.1 Å². The maximum atomic E-state index is 13.2. The monoisotopic (exact) mass is 524 g/mol. The van der Waals surface area contributed by atoms with Crippen LogP contribution in [0.1, 0.15) is 55.3 Å². The Kier molecular flexibility index (Phi) is 8.20. The van der Waals surface area contributed by atoms with Crippen molar-refractivity contribution in [3.05, 3.63) is 77.7 Å². The summed E-state index contributed by atoms with van der Waals surface area (Å²) in [6.07, 6.45) is 8.49. The first-order chi connectivity index (χ1) is 19.0. The number of nitrogen functional groups attached to an aromatic ring is 1. The molecule has 202 valence electrons. The van der Waals surface area contributed by atoms with Crippen LogP contribution in [-0.2, 0) is 22.4 Å². The Morgan fingerprint density at radius 1 is 1.05 bits per heavy atom. The number of hydrogen-bond acceptors (Lipinski definition) is 5. The van der Waals surface area contributed by atoms with E-state index in [1.54, 1.807) is 19.3 Å². The van der Waals surface area contributed by atoms with E-state index >= 15 is 0 Å². The molecule has 3 heterocycles. The molecule has 2 amide bonds. The van der Waals surface area contributed by atoms with Gasteiger partial charge in [-0.3, -0.25) is 9.59 Å². The summed E-state index contributed by atoms with van der Waals surface area (Å²) in [6, 6.07) is 16.7. The molecule has 0 bridgehead atoms. The minimum Gasteiger partial charge on any atom is -0.368 e. The van der Waals surface area contributed by atoms with Crippen molar-refractivity contribution in [1.82, 2.24) is 25.2 Å². The van der Waals surface area contributed by atoms with Crippen molar-refractivity contribution in [2.45, 2.75) is 51.4 Å². The number of carbonyl (C=O) groups is 2. The number of aryl methyl sites for hydroxylation is 1. The van der Waals surface area contributed by atoms with Crippen molar-refractivity contribution in [3.63, 3.8) is 0 Å². The van der Waals surface area contributed by atoms with Gasteiger partial charge in [0.2, 0.25) is 17.8 Å². The van der Waals surface area contributed by atoms with E-state index in [-0.39, 0.29) is 23.7 Å². The lowest BCUT2D eigenvalue weighted by Gasteiger charge is -2.33.